The molecule has 0 amide bonds. The van der Waals surface area contributed by atoms with Crippen molar-refractivity contribution >= 4 is 0 Å². The van der Waals surface area contributed by atoms with E-state index in [1.54, 1.807) is 0 Å². The van der Waals surface area contributed by atoms with Gasteiger partial charge < -0.3 is 0 Å². The van der Waals surface area contributed by atoms with Crippen LogP contribution in [-0.4, -0.2) is 10.5 Å². The Morgan fingerprint density at radius 3 is 1.00 bits per heavy atom. The summed E-state index contributed by atoms with van der Waals surface area (Å²) in [5, 5.41) is 12.0. The van der Waals surface area contributed by atoms with Crippen molar-refractivity contribution in [3.63, 3.8) is 0 Å². The second-order valence-electron chi connectivity index (χ2n) is 0. The molecule has 0 spiro atoms. The van der Waals surface area contributed by atoms with Gasteiger partial charge in [0.05, 0.1) is 0 Å². The van der Waals surface area contributed by atoms with E-state index in [1.165, 1.54) is 0 Å². The third-order valence-electron chi connectivity index (χ3n) is 0. The Bertz CT molecular complexity index is 6.00. The molecule has 0 aliphatic heterocycles. The molecule has 0 fully saturated rings. The van der Waals surface area contributed by atoms with Crippen LogP contribution in [0.4, 0.5) is 0 Å². The Kier molecular flexibility index (Phi) is 163. The van der Waals surface area contributed by atoms with Crippen LogP contribution in [0.25, 0.3) is 0 Å². The summed E-state index contributed by atoms with van der Waals surface area (Å²) < 4.78 is 0. The van der Waals surface area contributed by atoms with Crippen LogP contribution in [-0.2, 0) is 36.9 Å². The standard InChI is InChI=1S/Co.Ir.H2O2/c;;1-2/h;;1-2H. The van der Waals surface area contributed by atoms with E-state index in [1.807, 2.05) is 0 Å². The van der Waals surface area contributed by atoms with Crippen LogP contribution in [0.15, 0.2) is 0 Å². The topological polar surface area (TPSA) is 40.5 Å². The molecule has 0 aromatic heterocycles. The SMILES string of the molecule is OO.[Co].[Ir]. The molecule has 0 saturated carbocycles. The van der Waals surface area contributed by atoms with E-state index in [2.05, 4.69) is 0 Å². The van der Waals surface area contributed by atoms with Gasteiger partial charge in [0.25, 0.3) is 0 Å². The molecule has 0 heterocycles. The van der Waals surface area contributed by atoms with Crippen molar-refractivity contribution in [1.29, 1.82) is 0 Å². The number of hydrogen-bond donors (Lipinski definition) is 2. The van der Waals surface area contributed by atoms with Crippen molar-refractivity contribution in [1.82, 2.24) is 0 Å². The summed E-state index contributed by atoms with van der Waals surface area (Å²) >= 11 is 0. The Morgan fingerprint density at radius 1 is 1.00 bits per heavy atom. The Balaban J connectivity index is -0.00000000500. The molecular weight excluding hydrogens is 283 g/mol. The van der Waals surface area contributed by atoms with Gasteiger partial charge in [0.15, 0.2) is 0 Å². The Hall–Kier alpha value is 1.08. The Labute approximate surface area is 47.7 Å². The van der Waals surface area contributed by atoms with Gasteiger partial charge in [0, 0.05) is 36.9 Å². The largest absolute Gasteiger partial charge is 0.255 e. The van der Waals surface area contributed by atoms with Crippen molar-refractivity contribution in [2.24, 2.45) is 0 Å². The van der Waals surface area contributed by atoms with E-state index in [0.717, 1.165) is 0 Å². The molecule has 0 rings (SSSR count). The normalized spacial score (nSPS) is 1.50. The van der Waals surface area contributed by atoms with Gasteiger partial charge in [-0.25, -0.2) is 0 Å². The molecular formula is H2CoIrO2. The third kappa shape index (κ3) is 11.5. The summed E-state index contributed by atoms with van der Waals surface area (Å²) in [5.74, 6) is 0. The minimum Gasteiger partial charge on any atom is -0.255 e. The third-order valence-corrected chi connectivity index (χ3v) is 0. The van der Waals surface area contributed by atoms with E-state index in [4.69, 9.17) is 10.5 Å². The van der Waals surface area contributed by atoms with Gasteiger partial charge in [-0.15, -0.1) is 0 Å². The fraction of sp³-hybridized carbons (Fsp3) is 0. The van der Waals surface area contributed by atoms with Gasteiger partial charge in [-0.1, -0.05) is 0 Å². The van der Waals surface area contributed by atoms with Crippen LogP contribution in [0.3, 0.4) is 0 Å². The summed E-state index contributed by atoms with van der Waals surface area (Å²) in [6.45, 7) is 0. The molecule has 0 bridgehead atoms. The summed E-state index contributed by atoms with van der Waals surface area (Å²) in [7, 11) is 0. The molecule has 2 nitrogen and oxygen atoms in total. The molecule has 4 heteroatoms. The molecule has 2 radical (unpaired) electrons. The fourth-order valence-electron chi connectivity index (χ4n) is 0. The second kappa shape index (κ2) is 33.3. The molecule has 0 saturated heterocycles. The van der Waals surface area contributed by atoms with E-state index >= 15 is 0 Å². The minimum absolute atomic E-state index is 0. The quantitative estimate of drug-likeness (QED) is 0.486. The van der Waals surface area contributed by atoms with Crippen molar-refractivity contribution in [2.45, 2.75) is 0 Å². The predicted molar refractivity (Wildman–Crippen MR) is 5.26 cm³/mol. The van der Waals surface area contributed by atoms with Crippen molar-refractivity contribution in [3.8, 4) is 0 Å². The monoisotopic (exact) mass is 286 g/mol. The average molecular weight is 285 g/mol. The molecule has 2 N–H and O–H groups in total. The van der Waals surface area contributed by atoms with Crippen LogP contribution in [0, 0.1) is 0 Å². The van der Waals surface area contributed by atoms with E-state index < -0.39 is 0 Å². The smallest absolute Gasteiger partial charge is 0 e. The van der Waals surface area contributed by atoms with Gasteiger partial charge in [-0.3, -0.25) is 10.5 Å². The second-order valence-corrected chi connectivity index (χ2v) is 0. The summed E-state index contributed by atoms with van der Waals surface area (Å²) in [5.41, 5.74) is 0. The molecule has 32 valence electrons. The van der Waals surface area contributed by atoms with Crippen molar-refractivity contribution in [3.05, 3.63) is 0 Å². The molecule has 0 aromatic carbocycles. The van der Waals surface area contributed by atoms with E-state index in [-0.39, 0.29) is 36.9 Å². The first-order valence-electron chi connectivity index (χ1n) is 0.200. The first-order valence-corrected chi connectivity index (χ1v) is 0.200. The molecule has 0 aliphatic carbocycles. The maximum absolute atomic E-state index is 6.00. The van der Waals surface area contributed by atoms with Gasteiger partial charge >= 0.3 is 0 Å². The number of hydrogen-bond acceptors (Lipinski definition) is 2. The molecule has 4 heavy (non-hydrogen) atoms. The van der Waals surface area contributed by atoms with Gasteiger partial charge in [0.1, 0.15) is 0 Å². The minimum atomic E-state index is 0. The fourth-order valence-corrected chi connectivity index (χ4v) is 0. The molecule has 0 unspecified atom stereocenters. The molecule has 0 atom stereocenters. The molecule has 0 aliphatic rings. The zero-order chi connectivity index (χ0) is 2.00. The first kappa shape index (κ1) is 19.6. The Morgan fingerprint density at radius 2 is 1.00 bits per heavy atom. The predicted octanol–water partition coefficient (Wildman–Crippen LogP) is 0.0124. The van der Waals surface area contributed by atoms with Gasteiger partial charge in [0.2, 0.25) is 0 Å². The average Bonchev–Trinajstić information content (AvgIpc) is 1.00. The van der Waals surface area contributed by atoms with Gasteiger partial charge in [-0.05, 0) is 0 Å². The van der Waals surface area contributed by atoms with Crippen LogP contribution in [0.1, 0.15) is 0 Å². The first-order chi connectivity index (χ1) is 1.00. The number of rotatable bonds is 0. The summed E-state index contributed by atoms with van der Waals surface area (Å²) in [6, 6.07) is 0. The van der Waals surface area contributed by atoms with Crippen LogP contribution in [0.2, 0.25) is 0 Å². The zero-order valence-corrected chi connectivity index (χ0v) is 5.00. The van der Waals surface area contributed by atoms with Crippen LogP contribution in [0.5, 0.6) is 0 Å². The molecule has 0 aromatic rings. The van der Waals surface area contributed by atoms with E-state index in [0.29, 0.717) is 0 Å². The van der Waals surface area contributed by atoms with E-state index in [9.17, 15) is 0 Å². The van der Waals surface area contributed by atoms with Crippen molar-refractivity contribution in [2.75, 3.05) is 0 Å². The maximum Gasteiger partial charge on any atom is 0 e. The summed E-state index contributed by atoms with van der Waals surface area (Å²) in [4.78, 5) is 0. The zero-order valence-electron chi connectivity index (χ0n) is 1.56. The maximum atomic E-state index is 6.00. The van der Waals surface area contributed by atoms with Gasteiger partial charge in [-0.2, -0.15) is 0 Å². The van der Waals surface area contributed by atoms with Crippen molar-refractivity contribution < 1.29 is 47.4 Å². The summed E-state index contributed by atoms with van der Waals surface area (Å²) in [6.07, 6.45) is 0. The van der Waals surface area contributed by atoms with Crippen LogP contribution < -0.4 is 0 Å². The van der Waals surface area contributed by atoms with Crippen LogP contribution >= 0.6 is 0 Å².